The third kappa shape index (κ3) is 2.43. The molecule has 1 aromatic carbocycles. The van der Waals surface area contributed by atoms with Gasteiger partial charge in [0, 0.05) is 10.9 Å². The summed E-state index contributed by atoms with van der Waals surface area (Å²) in [6.45, 7) is 0. The molecule has 0 fully saturated rings. The Morgan fingerprint density at radius 3 is 2.71 bits per heavy atom. The first-order valence-corrected chi connectivity index (χ1v) is 5.73. The number of hydrogen-bond donors (Lipinski definition) is 2. The van der Waals surface area contributed by atoms with E-state index in [4.69, 9.17) is 10.6 Å². The number of ether oxygens (including phenoxy) is 1. The van der Waals surface area contributed by atoms with Gasteiger partial charge in [-0.05, 0) is 24.3 Å². The quantitative estimate of drug-likeness (QED) is 0.490. The van der Waals surface area contributed by atoms with Crippen LogP contribution in [0.1, 0.15) is 10.5 Å². The number of carbonyl (C=O) groups excluding carboxylic acids is 1. The molecule has 0 spiro atoms. The number of amides is 1. The fourth-order valence-corrected chi connectivity index (χ4v) is 2.12. The van der Waals surface area contributed by atoms with Gasteiger partial charge in [0.25, 0.3) is 5.91 Å². The van der Waals surface area contributed by atoms with Crippen LogP contribution in [0.4, 0.5) is 0 Å². The van der Waals surface area contributed by atoms with Crippen molar-refractivity contribution in [2.45, 2.75) is 0 Å². The molecule has 88 valence electrons. The van der Waals surface area contributed by atoms with Crippen LogP contribution in [0, 0.1) is 0 Å². The smallest absolute Gasteiger partial charge is 0.284 e. The maximum Gasteiger partial charge on any atom is 0.284 e. The van der Waals surface area contributed by atoms with E-state index in [9.17, 15) is 4.79 Å². The van der Waals surface area contributed by atoms with Crippen molar-refractivity contribution < 1.29 is 9.53 Å². The maximum absolute atomic E-state index is 11.2. The topological polar surface area (TPSA) is 77.2 Å². The molecule has 0 unspecified atom stereocenters. The van der Waals surface area contributed by atoms with E-state index in [-0.39, 0.29) is 5.91 Å². The normalized spacial score (nSPS) is 10.0. The van der Waals surface area contributed by atoms with E-state index in [1.807, 2.05) is 29.7 Å². The van der Waals surface area contributed by atoms with Crippen LogP contribution < -0.4 is 16.0 Å². The van der Waals surface area contributed by atoms with Crippen LogP contribution in [0.2, 0.25) is 0 Å². The second-order valence-electron chi connectivity index (χ2n) is 3.24. The molecule has 2 aromatic rings. The molecule has 0 atom stereocenters. The van der Waals surface area contributed by atoms with E-state index >= 15 is 0 Å². The van der Waals surface area contributed by atoms with Crippen LogP contribution in [-0.4, -0.2) is 18.0 Å². The van der Waals surface area contributed by atoms with Gasteiger partial charge in [0.2, 0.25) is 0 Å². The van der Waals surface area contributed by atoms with Gasteiger partial charge >= 0.3 is 0 Å². The van der Waals surface area contributed by atoms with Gasteiger partial charge in [-0.1, -0.05) is 0 Å². The minimum Gasteiger partial charge on any atom is -0.497 e. The third-order valence-electron chi connectivity index (χ3n) is 2.20. The fraction of sp³-hybridized carbons (Fsp3) is 0.0909. The number of hydrazine groups is 1. The van der Waals surface area contributed by atoms with Gasteiger partial charge in [0.15, 0.2) is 0 Å². The Hall–Kier alpha value is -1.92. The van der Waals surface area contributed by atoms with Gasteiger partial charge in [0.1, 0.15) is 16.5 Å². The molecule has 0 saturated carbocycles. The van der Waals surface area contributed by atoms with Crippen LogP contribution in [-0.2, 0) is 0 Å². The molecule has 0 aliphatic heterocycles. The van der Waals surface area contributed by atoms with Crippen molar-refractivity contribution >= 4 is 17.2 Å². The molecule has 0 radical (unpaired) electrons. The zero-order valence-corrected chi connectivity index (χ0v) is 9.95. The van der Waals surface area contributed by atoms with Gasteiger partial charge in [-0.15, -0.1) is 11.3 Å². The predicted octanol–water partition coefficient (Wildman–Crippen LogP) is 1.42. The first-order valence-electron chi connectivity index (χ1n) is 4.85. The van der Waals surface area contributed by atoms with Crippen molar-refractivity contribution in [3.63, 3.8) is 0 Å². The lowest BCUT2D eigenvalue weighted by Gasteiger charge is -2.00. The zero-order chi connectivity index (χ0) is 12.3. The van der Waals surface area contributed by atoms with Gasteiger partial charge in [0.05, 0.1) is 7.11 Å². The lowest BCUT2D eigenvalue weighted by molar-refractivity contribution is 0.0949. The van der Waals surface area contributed by atoms with E-state index in [2.05, 4.69) is 4.98 Å². The molecule has 1 heterocycles. The number of nitrogens with one attached hydrogen (secondary N) is 1. The molecular weight excluding hydrogens is 238 g/mol. The fourth-order valence-electron chi connectivity index (χ4n) is 1.32. The van der Waals surface area contributed by atoms with Crippen LogP contribution in [0.5, 0.6) is 5.75 Å². The van der Waals surface area contributed by atoms with Gasteiger partial charge in [-0.2, -0.15) is 0 Å². The Morgan fingerprint density at radius 2 is 2.12 bits per heavy atom. The summed E-state index contributed by atoms with van der Waals surface area (Å²) in [5.41, 5.74) is 3.31. The predicted molar refractivity (Wildman–Crippen MR) is 65.8 cm³/mol. The number of nitrogens with zero attached hydrogens (tertiary/aromatic N) is 1. The Bertz CT molecular complexity index is 522. The van der Waals surface area contributed by atoms with Crippen molar-refractivity contribution in [3.05, 3.63) is 35.3 Å². The molecule has 5 nitrogen and oxygen atoms in total. The number of nitrogens with two attached hydrogens (primary N) is 1. The van der Waals surface area contributed by atoms with Gasteiger partial charge in [-0.25, -0.2) is 10.8 Å². The summed E-state index contributed by atoms with van der Waals surface area (Å²) in [5, 5.41) is 2.44. The van der Waals surface area contributed by atoms with Gasteiger partial charge < -0.3 is 4.74 Å². The lowest BCUT2D eigenvalue weighted by Crippen LogP contribution is -2.30. The molecule has 0 aliphatic carbocycles. The summed E-state index contributed by atoms with van der Waals surface area (Å²) >= 11 is 1.39. The van der Waals surface area contributed by atoms with Crippen molar-refractivity contribution in [3.8, 4) is 16.3 Å². The molecule has 2 rings (SSSR count). The van der Waals surface area contributed by atoms with E-state index in [0.717, 1.165) is 16.3 Å². The Morgan fingerprint density at radius 1 is 1.41 bits per heavy atom. The van der Waals surface area contributed by atoms with Crippen LogP contribution in [0.25, 0.3) is 10.6 Å². The number of methoxy groups -OCH3 is 1. The summed E-state index contributed by atoms with van der Waals surface area (Å²) in [7, 11) is 1.61. The second-order valence-corrected chi connectivity index (χ2v) is 4.10. The zero-order valence-electron chi connectivity index (χ0n) is 9.14. The molecule has 0 bridgehead atoms. The first kappa shape index (κ1) is 11.6. The van der Waals surface area contributed by atoms with Crippen molar-refractivity contribution in [1.29, 1.82) is 0 Å². The molecule has 17 heavy (non-hydrogen) atoms. The molecule has 1 aromatic heterocycles. The Kier molecular flexibility index (Phi) is 3.36. The van der Waals surface area contributed by atoms with E-state index < -0.39 is 0 Å². The highest BCUT2D eigenvalue weighted by molar-refractivity contribution is 7.13. The third-order valence-corrected chi connectivity index (χ3v) is 3.10. The molecular formula is C11H11N3O2S. The lowest BCUT2D eigenvalue weighted by atomic mass is 10.2. The monoisotopic (exact) mass is 249 g/mol. The van der Waals surface area contributed by atoms with Crippen LogP contribution >= 0.6 is 11.3 Å². The van der Waals surface area contributed by atoms with Crippen molar-refractivity contribution in [2.24, 2.45) is 5.84 Å². The number of benzene rings is 1. The SMILES string of the molecule is COc1ccc(-c2nc(C(=O)NN)cs2)cc1. The number of aromatic nitrogens is 1. The van der Waals surface area contributed by atoms with Crippen LogP contribution in [0.3, 0.4) is 0 Å². The number of nitrogen functional groups attached to an aromatic ring is 1. The maximum atomic E-state index is 11.2. The highest BCUT2D eigenvalue weighted by Crippen LogP contribution is 2.25. The van der Waals surface area contributed by atoms with E-state index in [1.165, 1.54) is 11.3 Å². The Balaban J connectivity index is 2.27. The highest BCUT2D eigenvalue weighted by atomic mass is 32.1. The Labute approximate surface area is 102 Å². The summed E-state index contributed by atoms with van der Waals surface area (Å²) < 4.78 is 5.07. The summed E-state index contributed by atoms with van der Waals surface area (Å²) in [4.78, 5) is 15.4. The van der Waals surface area contributed by atoms with E-state index in [1.54, 1.807) is 12.5 Å². The standard InChI is InChI=1S/C11H11N3O2S/c1-16-8-4-2-7(3-5-8)11-13-9(6-17-11)10(15)14-12/h2-6H,12H2,1H3,(H,14,15). The molecule has 6 heteroatoms. The summed E-state index contributed by atoms with van der Waals surface area (Å²) in [6, 6.07) is 7.47. The molecule has 3 N–H and O–H groups in total. The minimum absolute atomic E-state index is 0.323. The average molecular weight is 249 g/mol. The van der Waals surface area contributed by atoms with Crippen LogP contribution in [0.15, 0.2) is 29.6 Å². The minimum atomic E-state index is -0.388. The van der Waals surface area contributed by atoms with Gasteiger partial charge in [-0.3, -0.25) is 10.2 Å². The first-order chi connectivity index (χ1) is 8.24. The number of thiazole rings is 1. The molecule has 1 amide bonds. The summed E-state index contributed by atoms with van der Waals surface area (Å²) in [6.07, 6.45) is 0. The number of carbonyl (C=O) groups is 1. The molecule has 0 aliphatic rings. The average Bonchev–Trinajstić information content (AvgIpc) is 2.87. The number of hydrogen-bond acceptors (Lipinski definition) is 5. The van der Waals surface area contributed by atoms with E-state index in [0.29, 0.717) is 5.69 Å². The highest BCUT2D eigenvalue weighted by Gasteiger charge is 2.10. The van der Waals surface area contributed by atoms with Crippen molar-refractivity contribution in [1.82, 2.24) is 10.4 Å². The summed E-state index contributed by atoms with van der Waals surface area (Å²) in [5.74, 6) is 5.43. The number of rotatable bonds is 3. The second kappa shape index (κ2) is 4.94. The largest absolute Gasteiger partial charge is 0.497 e. The van der Waals surface area contributed by atoms with Crippen molar-refractivity contribution in [2.75, 3.05) is 7.11 Å². The molecule has 0 saturated heterocycles.